The molecule has 2 aliphatic rings. The first kappa shape index (κ1) is 15.5. The van der Waals surface area contributed by atoms with Gasteiger partial charge in [0.15, 0.2) is 0 Å². The van der Waals surface area contributed by atoms with E-state index in [1.165, 1.54) is 25.0 Å². The molecule has 2 fully saturated rings. The van der Waals surface area contributed by atoms with Crippen LogP contribution < -0.4 is 11.1 Å². The van der Waals surface area contributed by atoms with Crippen LogP contribution in [0.4, 0.5) is 4.39 Å². The molecule has 3 rings (SSSR count). The van der Waals surface area contributed by atoms with Crippen LogP contribution in [0.3, 0.4) is 0 Å². The van der Waals surface area contributed by atoms with E-state index in [9.17, 15) is 9.18 Å². The summed E-state index contributed by atoms with van der Waals surface area (Å²) in [7, 11) is 0. The third-order valence-corrected chi connectivity index (χ3v) is 5.14. The van der Waals surface area contributed by atoms with Gasteiger partial charge in [-0.3, -0.25) is 4.79 Å². The largest absolute Gasteiger partial charge is 0.354 e. The van der Waals surface area contributed by atoms with Gasteiger partial charge in [0.1, 0.15) is 5.82 Å². The Hall–Kier alpha value is -1.42. The minimum Gasteiger partial charge on any atom is -0.354 e. The van der Waals surface area contributed by atoms with Gasteiger partial charge in [0.05, 0.1) is 0 Å². The number of benzene rings is 1. The molecule has 1 aromatic carbocycles. The van der Waals surface area contributed by atoms with Gasteiger partial charge in [0.2, 0.25) is 5.91 Å². The predicted molar refractivity (Wildman–Crippen MR) is 84.9 cm³/mol. The molecule has 0 spiro atoms. The normalized spacial score (nSPS) is 27.0. The number of hydrogen-bond donors (Lipinski definition) is 2. The second-order valence-electron chi connectivity index (χ2n) is 6.99. The Morgan fingerprint density at radius 1 is 1.18 bits per heavy atom. The molecule has 0 bridgehead atoms. The first-order valence-corrected chi connectivity index (χ1v) is 8.39. The lowest BCUT2D eigenvalue weighted by Gasteiger charge is -2.28. The summed E-state index contributed by atoms with van der Waals surface area (Å²) in [6.07, 6.45) is 7.68. The van der Waals surface area contributed by atoms with Crippen LogP contribution in [0.15, 0.2) is 24.3 Å². The van der Waals surface area contributed by atoms with Crippen molar-refractivity contribution in [3.8, 4) is 0 Å². The Balaban J connectivity index is 1.50. The topological polar surface area (TPSA) is 55.1 Å². The first-order chi connectivity index (χ1) is 10.6. The predicted octanol–water partition coefficient (Wildman–Crippen LogP) is 3.10. The van der Waals surface area contributed by atoms with Crippen molar-refractivity contribution in [2.24, 2.45) is 11.7 Å². The fourth-order valence-corrected chi connectivity index (χ4v) is 3.57. The summed E-state index contributed by atoms with van der Waals surface area (Å²) < 4.78 is 12.9. The maximum absolute atomic E-state index is 12.9. The van der Waals surface area contributed by atoms with Crippen LogP contribution in [0.5, 0.6) is 0 Å². The Morgan fingerprint density at radius 2 is 1.82 bits per heavy atom. The van der Waals surface area contributed by atoms with Crippen molar-refractivity contribution in [2.75, 3.05) is 6.54 Å². The molecule has 1 aromatic rings. The number of nitrogens with two attached hydrogens (primary N) is 1. The van der Waals surface area contributed by atoms with E-state index in [0.29, 0.717) is 6.54 Å². The summed E-state index contributed by atoms with van der Waals surface area (Å²) in [6.45, 7) is 0.582. The lowest BCUT2D eigenvalue weighted by atomic mass is 9.91. The highest BCUT2D eigenvalue weighted by Gasteiger charge is 2.44. The van der Waals surface area contributed by atoms with Crippen LogP contribution in [-0.2, 0) is 4.79 Å². The van der Waals surface area contributed by atoms with Crippen LogP contribution in [0.1, 0.15) is 56.4 Å². The Kier molecular flexibility index (Phi) is 4.48. The summed E-state index contributed by atoms with van der Waals surface area (Å²) in [5.74, 6) is 0.135. The minimum atomic E-state index is -0.233. The lowest BCUT2D eigenvalue weighted by Crippen LogP contribution is -2.50. The highest BCUT2D eigenvalue weighted by molar-refractivity contribution is 5.83. The molecule has 2 atom stereocenters. The number of rotatable bonds is 4. The van der Waals surface area contributed by atoms with Gasteiger partial charge in [0, 0.05) is 18.0 Å². The smallest absolute Gasteiger partial charge is 0.223 e. The van der Waals surface area contributed by atoms with E-state index in [-0.39, 0.29) is 29.1 Å². The van der Waals surface area contributed by atoms with Gasteiger partial charge in [-0.25, -0.2) is 4.39 Å². The van der Waals surface area contributed by atoms with Gasteiger partial charge in [-0.15, -0.1) is 0 Å². The van der Waals surface area contributed by atoms with Crippen molar-refractivity contribution in [3.63, 3.8) is 0 Å². The quantitative estimate of drug-likeness (QED) is 0.840. The molecule has 2 saturated carbocycles. The molecule has 0 aromatic heterocycles. The van der Waals surface area contributed by atoms with E-state index in [4.69, 9.17) is 5.73 Å². The molecule has 0 saturated heterocycles. The molecule has 22 heavy (non-hydrogen) atoms. The molecule has 120 valence electrons. The number of carbonyl (C=O) groups excluding carboxylic acids is 1. The zero-order chi connectivity index (χ0) is 15.6. The van der Waals surface area contributed by atoms with Crippen LogP contribution in [-0.4, -0.2) is 18.0 Å². The zero-order valence-electron chi connectivity index (χ0n) is 13.0. The monoisotopic (exact) mass is 304 g/mol. The second-order valence-corrected chi connectivity index (χ2v) is 6.99. The average molecular weight is 304 g/mol. The summed E-state index contributed by atoms with van der Waals surface area (Å²) in [5.41, 5.74) is 7.26. The van der Waals surface area contributed by atoms with Crippen molar-refractivity contribution in [3.05, 3.63) is 35.6 Å². The first-order valence-electron chi connectivity index (χ1n) is 8.39. The second kappa shape index (κ2) is 6.37. The molecule has 1 amide bonds. The molecular weight excluding hydrogens is 279 g/mol. The van der Waals surface area contributed by atoms with Crippen LogP contribution in [0.25, 0.3) is 0 Å². The van der Waals surface area contributed by atoms with E-state index in [1.807, 2.05) is 0 Å². The maximum Gasteiger partial charge on any atom is 0.223 e. The molecule has 2 aliphatic carbocycles. The summed E-state index contributed by atoms with van der Waals surface area (Å²) in [4.78, 5) is 12.3. The van der Waals surface area contributed by atoms with E-state index >= 15 is 0 Å². The average Bonchev–Trinajstić information content (AvgIpc) is 3.31. The number of nitrogens with one attached hydrogen (secondary N) is 1. The molecular formula is C18H25FN2O. The minimum absolute atomic E-state index is 0.0276. The summed E-state index contributed by atoms with van der Waals surface area (Å²) in [6, 6.07) is 6.48. The van der Waals surface area contributed by atoms with Gasteiger partial charge >= 0.3 is 0 Å². The molecule has 3 N–H and O–H groups in total. The van der Waals surface area contributed by atoms with Gasteiger partial charge < -0.3 is 11.1 Å². The van der Waals surface area contributed by atoms with Crippen LogP contribution in [0.2, 0.25) is 0 Å². The van der Waals surface area contributed by atoms with Gasteiger partial charge in [-0.1, -0.05) is 37.8 Å². The summed E-state index contributed by atoms with van der Waals surface area (Å²) in [5, 5.41) is 3.06. The SMILES string of the molecule is NC1(CNC(=O)[C@@H]2C[C@@H]2c2ccc(F)cc2)CCCCCC1. The van der Waals surface area contributed by atoms with Crippen molar-refractivity contribution >= 4 is 5.91 Å². The Morgan fingerprint density at radius 3 is 2.45 bits per heavy atom. The Bertz CT molecular complexity index is 520. The van der Waals surface area contributed by atoms with E-state index in [1.54, 1.807) is 12.1 Å². The third kappa shape index (κ3) is 3.67. The molecule has 0 unspecified atom stereocenters. The molecule has 0 heterocycles. The molecule has 3 nitrogen and oxygen atoms in total. The van der Waals surface area contributed by atoms with Crippen molar-refractivity contribution in [1.29, 1.82) is 0 Å². The number of carbonyl (C=O) groups is 1. The number of hydrogen-bond acceptors (Lipinski definition) is 2. The lowest BCUT2D eigenvalue weighted by molar-refractivity contribution is -0.122. The van der Waals surface area contributed by atoms with Gasteiger partial charge in [-0.05, 0) is 42.9 Å². The molecule has 0 radical (unpaired) electrons. The molecule has 4 heteroatoms. The van der Waals surface area contributed by atoms with Crippen LogP contribution >= 0.6 is 0 Å². The van der Waals surface area contributed by atoms with Crippen molar-refractivity contribution in [1.82, 2.24) is 5.32 Å². The van der Waals surface area contributed by atoms with Crippen molar-refractivity contribution < 1.29 is 9.18 Å². The van der Waals surface area contributed by atoms with Gasteiger partial charge in [0.25, 0.3) is 0 Å². The highest BCUT2D eigenvalue weighted by atomic mass is 19.1. The third-order valence-electron chi connectivity index (χ3n) is 5.14. The zero-order valence-corrected chi connectivity index (χ0v) is 13.0. The van der Waals surface area contributed by atoms with Gasteiger partial charge in [-0.2, -0.15) is 0 Å². The van der Waals surface area contributed by atoms with Crippen LogP contribution in [0, 0.1) is 11.7 Å². The standard InChI is InChI=1S/C18H25FN2O/c19-14-7-5-13(6-8-14)15-11-16(15)17(22)21-12-18(20)9-3-1-2-4-10-18/h5-8,15-16H,1-4,9-12,20H2,(H,21,22)/t15-,16-/m1/s1. The fourth-order valence-electron chi connectivity index (χ4n) is 3.57. The maximum atomic E-state index is 12.9. The van der Waals surface area contributed by atoms with E-state index in [2.05, 4.69) is 5.32 Å². The molecule has 0 aliphatic heterocycles. The van der Waals surface area contributed by atoms with E-state index in [0.717, 1.165) is 37.7 Å². The number of amides is 1. The highest BCUT2D eigenvalue weighted by Crippen LogP contribution is 2.47. The fraction of sp³-hybridized carbons (Fsp3) is 0.611. The number of halogens is 1. The van der Waals surface area contributed by atoms with Crippen molar-refractivity contribution in [2.45, 2.75) is 56.4 Å². The summed E-state index contributed by atoms with van der Waals surface area (Å²) >= 11 is 0. The van der Waals surface area contributed by atoms with E-state index < -0.39 is 0 Å². The Labute approximate surface area is 131 Å².